The van der Waals surface area contributed by atoms with Gasteiger partial charge in [0.1, 0.15) is 0 Å². The van der Waals surface area contributed by atoms with Crippen molar-refractivity contribution >= 4 is 36.5 Å². The van der Waals surface area contributed by atoms with Crippen LogP contribution in [0.25, 0.3) is 11.6 Å². The summed E-state index contributed by atoms with van der Waals surface area (Å²) in [6.45, 7) is 0. The minimum atomic E-state index is 0. The van der Waals surface area contributed by atoms with Crippen LogP contribution in [0.4, 0.5) is 0 Å². The first-order valence-corrected chi connectivity index (χ1v) is 7.06. The molecule has 2 aliphatic rings. The second-order valence-corrected chi connectivity index (χ2v) is 5.35. The van der Waals surface area contributed by atoms with Gasteiger partial charge in [-0.3, -0.25) is 0 Å². The summed E-state index contributed by atoms with van der Waals surface area (Å²) < 4.78 is 0. The van der Waals surface area contributed by atoms with Gasteiger partial charge in [0.25, 0.3) is 0 Å². The third-order valence-electron chi connectivity index (χ3n) is 4.15. The van der Waals surface area contributed by atoms with E-state index in [2.05, 4.69) is 66.8 Å². The molecule has 0 N–H and O–H groups in total. The van der Waals surface area contributed by atoms with Crippen LogP contribution in [0.1, 0.15) is 29.0 Å². The Morgan fingerprint density at radius 1 is 0.913 bits per heavy atom. The summed E-state index contributed by atoms with van der Waals surface area (Å²) in [6.07, 6.45) is 10.1. The fraction of sp³-hybridized carbons (Fsp3) is 0.100. The molecule has 0 bridgehead atoms. The van der Waals surface area contributed by atoms with Crippen molar-refractivity contribution in [3.63, 3.8) is 0 Å². The molecule has 0 nitrogen and oxygen atoms in total. The fourth-order valence-electron chi connectivity index (χ4n) is 3.11. The number of rotatable bonds is 2. The van der Waals surface area contributed by atoms with Crippen LogP contribution in [0.15, 0.2) is 72.3 Å². The predicted molar refractivity (Wildman–Crippen MR) is 98.7 cm³/mol. The third kappa shape index (κ3) is 3.96. The minimum Gasteiger partial charge on any atom is -0.147 e. The average molecular weight is 507 g/mol. The van der Waals surface area contributed by atoms with Crippen molar-refractivity contribution in [1.29, 1.82) is 0 Å². The van der Waals surface area contributed by atoms with Gasteiger partial charge in [-0.05, 0) is 17.5 Å². The van der Waals surface area contributed by atoms with Crippen molar-refractivity contribution in [2.24, 2.45) is 0 Å². The van der Waals surface area contributed by atoms with E-state index in [9.17, 15) is 0 Å². The molecule has 0 amide bonds. The summed E-state index contributed by atoms with van der Waals surface area (Å²) in [6, 6.07) is 20.2. The van der Waals surface area contributed by atoms with E-state index < -0.39 is 0 Å². The van der Waals surface area contributed by atoms with Crippen molar-refractivity contribution in [3.05, 3.63) is 95.1 Å². The van der Waals surface area contributed by atoms with E-state index in [1.54, 1.807) is 0 Å². The quantitative estimate of drug-likeness (QED) is 0.354. The maximum absolute atomic E-state index is 3.32. The van der Waals surface area contributed by atoms with Crippen LogP contribution in [0.2, 0.25) is 0 Å². The van der Waals surface area contributed by atoms with Crippen LogP contribution in [0.3, 0.4) is 0 Å². The third-order valence-corrected chi connectivity index (χ3v) is 4.15. The molecule has 23 heavy (non-hydrogen) atoms. The molecular formula is C20H17Cl2Hf-. The fourth-order valence-corrected chi connectivity index (χ4v) is 3.11. The Kier molecular flexibility index (Phi) is 7.73. The van der Waals surface area contributed by atoms with E-state index >= 15 is 0 Å². The second kappa shape index (κ2) is 8.82. The first-order chi connectivity index (χ1) is 9.92. The molecular weight excluding hydrogens is 490 g/mol. The molecule has 0 fully saturated rings. The molecule has 0 saturated heterocycles. The SMILES string of the molecule is Cl.Cl.[Hf].[c-]1ccccc1C1=CC=C(C2C=Cc3ccccc32)C1. The minimum absolute atomic E-state index is 0. The molecule has 2 aliphatic carbocycles. The van der Waals surface area contributed by atoms with Crippen molar-refractivity contribution in [2.75, 3.05) is 0 Å². The van der Waals surface area contributed by atoms with Gasteiger partial charge in [0, 0.05) is 31.8 Å². The predicted octanol–water partition coefficient (Wildman–Crippen LogP) is 5.85. The van der Waals surface area contributed by atoms with Gasteiger partial charge >= 0.3 is 0 Å². The Bertz CT molecular complexity index is 745. The second-order valence-electron chi connectivity index (χ2n) is 5.35. The summed E-state index contributed by atoms with van der Waals surface area (Å²) in [5.74, 6) is 0.448. The van der Waals surface area contributed by atoms with E-state index in [1.807, 2.05) is 12.1 Å². The van der Waals surface area contributed by atoms with Crippen LogP contribution in [0.5, 0.6) is 0 Å². The standard InChI is InChI=1S/C20H15.2ClH.Hf/c1-2-6-15(7-3-1)17-10-11-18(14-17)20-13-12-16-8-4-5-9-19(16)20;;;/h1-6,8-13,20H,14H2;2*1H;/q-1;;;. The maximum Gasteiger partial charge on any atom is 0.0235 e. The summed E-state index contributed by atoms with van der Waals surface area (Å²) in [7, 11) is 0. The Labute approximate surface area is 169 Å². The Hall–Kier alpha value is -0.890. The van der Waals surface area contributed by atoms with Gasteiger partial charge in [-0.25, -0.2) is 0 Å². The molecule has 2 aromatic carbocycles. The van der Waals surface area contributed by atoms with Crippen LogP contribution in [0, 0.1) is 6.07 Å². The zero-order valence-electron chi connectivity index (χ0n) is 12.5. The van der Waals surface area contributed by atoms with E-state index in [0.717, 1.165) is 6.42 Å². The zero-order chi connectivity index (χ0) is 13.4. The van der Waals surface area contributed by atoms with Crippen molar-refractivity contribution in [2.45, 2.75) is 12.3 Å². The van der Waals surface area contributed by atoms with Crippen molar-refractivity contribution < 1.29 is 25.8 Å². The number of fused-ring (bicyclic) bond motifs is 1. The monoisotopic (exact) mass is 507 g/mol. The largest absolute Gasteiger partial charge is 0.147 e. The Morgan fingerprint density at radius 3 is 2.48 bits per heavy atom. The number of benzene rings is 2. The topological polar surface area (TPSA) is 0 Å². The van der Waals surface area contributed by atoms with Crippen LogP contribution < -0.4 is 0 Å². The molecule has 2 aromatic rings. The molecule has 4 rings (SSSR count). The molecule has 0 radical (unpaired) electrons. The van der Waals surface area contributed by atoms with Gasteiger partial charge < -0.3 is 0 Å². The molecule has 3 heteroatoms. The average Bonchev–Trinajstić information content (AvgIpc) is 3.14. The molecule has 0 spiro atoms. The van der Waals surface area contributed by atoms with E-state index in [0.29, 0.717) is 5.92 Å². The van der Waals surface area contributed by atoms with Gasteiger partial charge in [-0.2, -0.15) is 0 Å². The first-order valence-electron chi connectivity index (χ1n) is 7.06. The van der Waals surface area contributed by atoms with Crippen LogP contribution >= 0.6 is 24.8 Å². The summed E-state index contributed by atoms with van der Waals surface area (Å²) in [4.78, 5) is 0. The van der Waals surface area contributed by atoms with Crippen molar-refractivity contribution in [1.82, 2.24) is 0 Å². The molecule has 1 unspecified atom stereocenters. The van der Waals surface area contributed by atoms with Crippen LogP contribution in [-0.2, 0) is 25.8 Å². The number of allylic oxidation sites excluding steroid dienone is 5. The number of hydrogen-bond acceptors (Lipinski definition) is 0. The molecule has 116 valence electrons. The van der Waals surface area contributed by atoms with E-state index in [1.165, 1.54) is 27.8 Å². The molecule has 0 heterocycles. The maximum atomic E-state index is 3.32. The first kappa shape index (κ1) is 20.2. The smallest absolute Gasteiger partial charge is 0.0235 e. The van der Waals surface area contributed by atoms with Crippen LogP contribution in [-0.4, -0.2) is 0 Å². The van der Waals surface area contributed by atoms with Gasteiger partial charge in [0.05, 0.1) is 0 Å². The van der Waals surface area contributed by atoms with Crippen molar-refractivity contribution in [3.8, 4) is 0 Å². The Morgan fingerprint density at radius 2 is 1.70 bits per heavy atom. The van der Waals surface area contributed by atoms with Gasteiger partial charge in [-0.15, -0.1) is 72.4 Å². The molecule has 0 aliphatic heterocycles. The normalized spacial score (nSPS) is 17.1. The van der Waals surface area contributed by atoms with Gasteiger partial charge in [0.15, 0.2) is 0 Å². The van der Waals surface area contributed by atoms with Gasteiger partial charge in [-0.1, -0.05) is 48.1 Å². The summed E-state index contributed by atoms with van der Waals surface area (Å²) >= 11 is 0. The van der Waals surface area contributed by atoms with Gasteiger partial charge in [0.2, 0.25) is 0 Å². The summed E-state index contributed by atoms with van der Waals surface area (Å²) in [5.41, 5.74) is 6.87. The summed E-state index contributed by atoms with van der Waals surface area (Å²) in [5, 5.41) is 0. The number of hydrogen-bond donors (Lipinski definition) is 0. The van der Waals surface area contributed by atoms with E-state index in [4.69, 9.17) is 0 Å². The molecule has 1 atom stereocenters. The zero-order valence-corrected chi connectivity index (χ0v) is 17.8. The molecule has 0 aromatic heterocycles. The van der Waals surface area contributed by atoms with E-state index in [-0.39, 0.29) is 50.7 Å². The molecule has 0 saturated carbocycles. The Balaban J connectivity index is 0.000000882. The number of halogens is 2.